The number of hydrogen-bond donors (Lipinski definition) is 1. The summed E-state index contributed by atoms with van der Waals surface area (Å²) in [5.41, 5.74) is 6.21. The highest BCUT2D eigenvalue weighted by Crippen LogP contribution is 2.29. The summed E-state index contributed by atoms with van der Waals surface area (Å²) < 4.78 is 3.13. The molecule has 0 bridgehead atoms. The SMILES string of the molecule is Cc1cccc(C)c1-n1nc2c(c1Br)CNCC2.Cl. The maximum absolute atomic E-state index is 4.77. The van der Waals surface area contributed by atoms with Crippen LogP contribution in [0.1, 0.15) is 22.4 Å². The molecule has 2 aromatic rings. The van der Waals surface area contributed by atoms with Crippen molar-refractivity contribution in [3.05, 3.63) is 45.2 Å². The Bertz CT molecular complexity index is 587. The van der Waals surface area contributed by atoms with Gasteiger partial charge in [0, 0.05) is 25.1 Å². The maximum Gasteiger partial charge on any atom is 0.114 e. The molecular formula is C14H17BrClN3. The summed E-state index contributed by atoms with van der Waals surface area (Å²) in [6.45, 7) is 6.19. The van der Waals surface area contributed by atoms with Gasteiger partial charge in [0.1, 0.15) is 4.60 Å². The summed E-state index contributed by atoms with van der Waals surface area (Å²) in [6, 6.07) is 6.36. The number of para-hydroxylation sites is 1. The van der Waals surface area contributed by atoms with Gasteiger partial charge < -0.3 is 5.32 Å². The van der Waals surface area contributed by atoms with Gasteiger partial charge >= 0.3 is 0 Å². The fraction of sp³-hybridized carbons (Fsp3) is 0.357. The van der Waals surface area contributed by atoms with Gasteiger partial charge in [-0.15, -0.1) is 12.4 Å². The Morgan fingerprint density at radius 2 is 1.95 bits per heavy atom. The standard InChI is InChI=1S/C14H16BrN3.ClH/c1-9-4-3-5-10(2)13(9)18-14(15)11-8-16-7-6-12(11)17-18;/h3-5,16H,6-8H2,1-2H3;1H. The Morgan fingerprint density at radius 1 is 1.26 bits per heavy atom. The minimum atomic E-state index is 0. The third kappa shape index (κ3) is 2.45. The molecule has 1 aliphatic rings. The van der Waals surface area contributed by atoms with Gasteiger partial charge in [0.25, 0.3) is 0 Å². The van der Waals surface area contributed by atoms with E-state index < -0.39 is 0 Å². The molecule has 3 nitrogen and oxygen atoms in total. The van der Waals surface area contributed by atoms with E-state index in [2.05, 4.69) is 53.3 Å². The lowest BCUT2D eigenvalue weighted by molar-refractivity contribution is 0.634. The molecular weight excluding hydrogens is 326 g/mol. The van der Waals surface area contributed by atoms with Crippen LogP contribution in [0.4, 0.5) is 0 Å². The second kappa shape index (κ2) is 5.65. The molecule has 3 rings (SSSR count). The molecule has 0 amide bonds. The van der Waals surface area contributed by atoms with Gasteiger partial charge in [0.15, 0.2) is 0 Å². The van der Waals surface area contributed by atoms with E-state index in [1.807, 2.05) is 4.68 Å². The van der Waals surface area contributed by atoms with E-state index in [-0.39, 0.29) is 12.4 Å². The zero-order valence-electron chi connectivity index (χ0n) is 11.0. The van der Waals surface area contributed by atoms with Gasteiger partial charge in [0.2, 0.25) is 0 Å². The first-order valence-electron chi connectivity index (χ1n) is 6.22. The van der Waals surface area contributed by atoms with Crippen molar-refractivity contribution in [1.29, 1.82) is 0 Å². The van der Waals surface area contributed by atoms with E-state index >= 15 is 0 Å². The van der Waals surface area contributed by atoms with E-state index in [1.165, 1.54) is 28.1 Å². The second-order valence-electron chi connectivity index (χ2n) is 4.80. The Kier molecular flexibility index (Phi) is 4.33. The fourth-order valence-electron chi connectivity index (χ4n) is 2.56. The van der Waals surface area contributed by atoms with Crippen molar-refractivity contribution >= 4 is 28.3 Å². The Hall–Kier alpha value is -0.840. The van der Waals surface area contributed by atoms with Crippen LogP contribution in [-0.4, -0.2) is 16.3 Å². The monoisotopic (exact) mass is 341 g/mol. The lowest BCUT2D eigenvalue weighted by Crippen LogP contribution is -2.23. The maximum atomic E-state index is 4.77. The van der Waals surface area contributed by atoms with Crippen molar-refractivity contribution in [2.24, 2.45) is 0 Å². The first-order chi connectivity index (χ1) is 8.68. The molecule has 1 aromatic carbocycles. The molecule has 19 heavy (non-hydrogen) atoms. The van der Waals surface area contributed by atoms with Gasteiger partial charge in [-0.1, -0.05) is 18.2 Å². The number of nitrogens with one attached hydrogen (secondary N) is 1. The zero-order chi connectivity index (χ0) is 12.7. The Balaban J connectivity index is 0.00000133. The Morgan fingerprint density at radius 3 is 2.58 bits per heavy atom. The quantitative estimate of drug-likeness (QED) is 0.861. The summed E-state index contributed by atoms with van der Waals surface area (Å²) in [6.07, 6.45) is 1.01. The van der Waals surface area contributed by atoms with Crippen LogP contribution in [0.25, 0.3) is 5.69 Å². The molecule has 0 radical (unpaired) electrons. The minimum Gasteiger partial charge on any atom is -0.312 e. The summed E-state index contributed by atoms with van der Waals surface area (Å²) in [7, 11) is 0. The highest BCUT2D eigenvalue weighted by molar-refractivity contribution is 9.10. The van der Waals surface area contributed by atoms with E-state index in [0.717, 1.165) is 24.1 Å². The van der Waals surface area contributed by atoms with Crippen molar-refractivity contribution in [2.45, 2.75) is 26.8 Å². The molecule has 1 N–H and O–H groups in total. The smallest absolute Gasteiger partial charge is 0.114 e. The summed E-state index contributed by atoms with van der Waals surface area (Å²) >= 11 is 3.70. The van der Waals surface area contributed by atoms with Gasteiger partial charge in [-0.25, -0.2) is 4.68 Å². The van der Waals surface area contributed by atoms with Crippen molar-refractivity contribution in [3.8, 4) is 5.69 Å². The highest BCUT2D eigenvalue weighted by atomic mass is 79.9. The van der Waals surface area contributed by atoms with Crippen LogP contribution in [-0.2, 0) is 13.0 Å². The molecule has 0 spiro atoms. The zero-order valence-corrected chi connectivity index (χ0v) is 13.4. The highest BCUT2D eigenvalue weighted by Gasteiger charge is 2.20. The van der Waals surface area contributed by atoms with Crippen molar-refractivity contribution in [1.82, 2.24) is 15.1 Å². The molecule has 1 aliphatic heterocycles. The molecule has 0 unspecified atom stereocenters. The number of aryl methyl sites for hydroxylation is 2. The van der Waals surface area contributed by atoms with Crippen molar-refractivity contribution in [3.63, 3.8) is 0 Å². The lowest BCUT2D eigenvalue weighted by Gasteiger charge is -2.11. The normalized spacial score (nSPS) is 13.8. The number of benzene rings is 1. The third-order valence-electron chi connectivity index (χ3n) is 3.50. The average Bonchev–Trinajstić information content (AvgIpc) is 2.68. The molecule has 5 heteroatoms. The molecule has 2 heterocycles. The molecule has 1 aromatic heterocycles. The molecule has 0 fully saturated rings. The number of fused-ring (bicyclic) bond motifs is 1. The summed E-state index contributed by atoms with van der Waals surface area (Å²) in [5.74, 6) is 0. The average molecular weight is 343 g/mol. The first kappa shape index (κ1) is 14.6. The Labute approximate surface area is 127 Å². The van der Waals surface area contributed by atoms with Crippen LogP contribution in [0, 0.1) is 13.8 Å². The second-order valence-corrected chi connectivity index (χ2v) is 5.55. The van der Waals surface area contributed by atoms with Crippen molar-refractivity contribution in [2.75, 3.05) is 6.54 Å². The summed E-state index contributed by atoms with van der Waals surface area (Å²) in [4.78, 5) is 0. The van der Waals surface area contributed by atoms with Crippen molar-refractivity contribution < 1.29 is 0 Å². The van der Waals surface area contributed by atoms with Gasteiger partial charge in [0.05, 0.1) is 11.4 Å². The van der Waals surface area contributed by atoms with Crippen LogP contribution < -0.4 is 5.32 Å². The van der Waals surface area contributed by atoms with Crippen LogP contribution in [0.3, 0.4) is 0 Å². The molecule has 0 aliphatic carbocycles. The molecule has 102 valence electrons. The number of hydrogen-bond acceptors (Lipinski definition) is 2. The predicted molar refractivity (Wildman–Crippen MR) is 83.4 cm³/mol. The van der Waals surface area contributed by atoms with E-state index in [0.29, 0.717) is 0 Å². The molecule has 0 atom stereocenters. The van der Waals surface area contributed by atoms with E-state index in [1.54, 1.807) is 0 Å². The lowest BCUT2D eigenvalue weighted by atomic mass is 10.1. The number of halogens is 2. The van der Waals surface area contributed by atoms with Crippen LogP contribution in [0.15, 0.2) is 22.8 Å². The molecule has 0 saturated carbocycles. The van der Waals surface area contributed by atoms with Crippen LogP contribution >= 0.6 is 28.3 Å². The topological polar surface area (TPSA) is 29.9 Å². The number of aromatic nitrogens is 2. The number of rotatable bonds is 1. The van der Waals surface area contributed by atoms with Gasteiger partial charge in [-0.05, 0) is 40.9 Å². The molecule has 0 saturated heterocycles. The van der Waals surface area contributed by atoms with E-state index in [4.69, 9.17) is 5.10 Å². The summed E-state index contributed by atoms with van der Waals surface area (Å²) in [5, 5.41) is 8.16. The van der Waals surface area contributed by atoms with Gasteiger partial charge in [-0.2, -0.15) is 5.10 Å². The predicted octanol–water partition coefficient (Wildman–Crippen LogP) is 3.32. The third-order valence-corrected chi connectivity index (χ3v) is 4.31. The van der Waals surface area contributed by atoms with Crippen LogP contribution in [0.5, 0.6) is 0 Å². The van der Waals surface area contributed by atoms with Gasteiger partial charge in [-0.3, -0.25) is 0 Å². The fourth-order valence-corrected chi connectivity index (χ4v) is 3.18. The largest absolute Gasteiger partial charge is 0.312 e. The van der Waals surface area contributed by atoms with Crippen LogP contribution in [0.2, 0.25) is 0 Å². The minimum absolute atomic E-state index is 0. The van der Waals surface area contributed by atoms with E-state index in [9.17, 15) is 0 Å². The number of nitrogens with zero attached hydrogens (tertiary/aromatic N) is 2. The first-order valence-corrected chi connectivity index (χ1v) is 7.01.